The van der Waals surface area contributed by atoms with Gasteiger partial charge in [-0.1, -0.05) is 41.9 Å². The zero-order chi connectivity index (χ0) is 17.8. The molecule has 2 amide bonds. The lowest BCUT2D eigenvalue weighted by Gasteiger charge is -2.22. The van der Waals surface area contributed by atoms with Crippen LogP contribution in [-0.4, -0.2) is 30.1 Å². The van der Waals surface area contributed by atoms with Crippen molar-refractivity contribution in [3.05, 3.63) is 58.6 Å². The number of nitrogens with zero attached hydrogens (tertiary/aromatic N) is 1. The van der Waals surface area contributed by atoms with Crippen molar-refractivity contribution in [1.82, 2.24) is 4.90 Å². The van der Waals surface area contributed by atoms with Crippen molar-refractivity contribution in [1.29, 1.82) is 0 Å². The van der Waals surface area contributed by atoms with Crippen molar-refractivity contribution < 1.29 is 19.1 Å². The van der Waals surface area contributed by atoms with E-state index in [-0.39, 0.29) is 25.7 Å². The molecule has 2 N–H and O–H groups in total. The minimum Gasteiger partial charge on any atom is -0.454 e. The van der Waals surface area contributed by atoms with Crippen molar-refractivity contribution in [2.45, 2.75) is 13.0 Å². The van der Waals surface area contributed by atoms with E-state index in [1.807, 2.05) is 30.3 Å². The second kappa shape index (κ2) is 7.44. The van der Waals surface area contributed by atoms with Gasteiger partial charge in [0.15, 0.2) is 11.5 Å². The smallest absolute Gasteiger partial charge is 0.254 e. The second-order valence-electron chi connectivity index (χ2n) is 5.62. The Kier molecular flexibility index (Phi) is 5.09. The molecule has 130 valence electrons. The summed E-state index contributed by atoms with van der Waals surface area (Å²) in [6.07, 6.45) is 0.0802. The van der Waals surface area contributed by atoms with Gasteiger partial charge in [-0.2, -0.15) is 0 Å². The van der Waals surface area contributed by atoms with E-state index in [4.69, 9.17) is 26.8 Å². The fraction of sp³-hybridized carbons (Fsp3) is 0.222. The molecule has 1 aliphatic heterocycles. The number of fused-ring (bicyclic) bond motifs is 1. The Hall–Kier alpha value is -2.73. The molecule has 1 heterocycles. The molecule has 0 saturated carbocycles. The third-order valence-electron chi connectivity index (χ3n) is 3.81. The van der Waals surface area contributed by atoms with Crippen LogP contribution in [0.3, 0.4) is 0 Å². The highest BCUT2D eigenvalue weighted by Crippen LogP contribution is 2.40. The van der Waals surface area contributed by atoms with Gasteiger partial charge in [-0.05, 0) is 17.7 Å². The summed E-state index contributed by atoms with van der Waals surface area (Å²) in [5.74, 6) is 0.148. The molecule has 1 aliphatic rings. The molecule has 0 fully saturated rings. The summed E-state index contributed by atoms with van der Waals surface area (Å²) < 4.78 is 10.6. The molecule has 0 aliphatic carbocycles. The summed E-state index contributed by atoms with van der Waals surface area (Å²) in [5.41, 5.74) is 6.56. The first-order valence-electron chi connectivity index (χ1n) is 7.75. The third-order valence-corrected chi connectivity index (χ3v) is 4.09. The second-order valence-corrected chi connectivity index (χ2v) is 6.03. The first-order valence-corrected chi connectivity index (χ1v) is 8.13. The number of rotatable bonds is 6. The van der Waals surface area contributed by atoms with Gasteiger partial charge in [0, 0.05) is 25.1 Å². The summed E-state index contributed by atoms with van der Waals surface area (Å²) in [6, 6.07) is 12.6. The Morgan fingerprint density at radius 1 is 1.16 bits per heavy atom. The van der Waals surface area contributed by atoms with Crippen molar-refractivity contribution in [2.75, 3.05) is 13.3 Å². The molecule has 0 atom stereocenters. The zero-order valence-electron chi connectivity index (χ0n) is 13.4. The zero-order valence-corrected chi connectivity index (χ0v) is 14.2. The van der Waals surface area contributed by atoms with E-state index in [0.717, 1.165) is 5.56 Å². The molecule has 0 saturated heterocycles. The van der Waals surface area contributed by atoms with E-state index in [2.05, 4.69) is 0 Å². The maximum absolute atomic E-state index is 12.9. The summed E-state index contributed by atoms with van der Waals surface area (Å²) in [7, 11) is 0. The Morgan fingerprint density at radius 2 is 1.92 bits per heavy atom. The maximum atomic E-state index is 12.9. The van der Waals surface area contributed by atoms with E-state index in [1.165, 1.54) is 0 Å². The Morgan fingerprint density at radius 3 is 2.64 bits per heavy atom. The summed E-state index contributed by atoms with van der Waals surface area (Å²) >= 11 is 6.16. The van der Waals surface area contributed by atoms with Crippen molar-refractivity contribution >= 4 is 23.4 Å². The lowest BCUT2D eigenvalue weighted by molar-refractivity contribution is -0.118. The highest BCUT2D eigenvalue weighted by Gasteiger charge is 2.23. The molecule has 7 heteroatoms. The van der Waals surface area contributed by atoms with Gasteiger partial charge >= 0.3 is 0 Å². The molecule has 0 aromatic heterocycles. The third kappa shape index (κ3) is 4.03. The largest absolute Gasteiger partial charge is 0.454 e. The average molecular weight is 361 g/mol. The van der Waals surface area contributed by atoms with E-state index in [1.54, 1.807) is 17.0 Å². The molecule has 2 aromatic rings. The number of benzene rings is 2. The molecule has 2 aromatic carbocycles. The van der Waals surface area contributed by atoms with Crippen molar-refractivity contribution in [3.63, 3.8) is 0 Å². The number of carbonyl (C=O) groups excluding carboxylic acids is 2. The van der Waals surface area contributed by atoms with Gasteiger partial charge in [-0.15, -0.1) is 0 Å². The lowest BCUT2D eigenvalue weighted by Crippen LogP contribution is -2.33. The molecular formula is C18H17ClN2O4. The van der Waals surface area contributed by atoms with E-state index in [9.17, 15) is 9.59 Å². The number of hydrogen-bond donors (Lipinski definition) is 1. The summed E-state index contributed by atoms with van der Waals surface area (Å²) in [5, 5.41) is 0.313. The van der Waals surface area contributed by atoms with Crippen LogP contribution >= 0.6 is 11.6 Å². The predicted octanol–water partition coefficient (Wildman–Crippen LogP) is 2.59. The summed E-state index contributed by atoms with van der Waals surface area (Å²) in [6.45, 7) is 0.649. The highest BCUT2D eigenvalue weighted by atomic mass is 35.5. The van der Waals surface area contributed by atoms with Gasteiger partial charge < -0.3 is 20.1 Å². The Balaban J connectivity index is 1.85. The standard InChI is InChI=1S/C18H17ClN2O4/c19-14-8-13(9-15-17(14)25-11-24-15)18(23)21(7-6-16(20)22)10-12-4-2-1-3-5-12/h1-5,8-9H,6-7,10-11H2,(H2,20,22). The minimum absolute atomic E-state index is 0.0715. The van der Waals surface area contributed by atoms with Crippen LogP contribution in [0.15, 0.2) is 42.5 Å². The highest BCUT2D eigenvalue weighted by molar-refractivity contribution is 6.32. The van der Waals surface area contributed by atoms with E-state index in [0.29, 0.717) is 28.6 Å². The molecule has 3 rings (SSSR count). The van der Waals surface area contributed by atoms with Gasteiger partial charge in [0.25, 0.3) is 5.91 Å². The Labute approximate surface area is 150 Å². The first-order chi connectivity index (χ1) is 12.0. The first kappa shape index (κ1) is 17.1. The number of amides is 2. The van der Waals surface area contributed by atoms with Crippen LogP contribution in [0.4, 0.5) is 0 Å². The molecule has 0 unspecified atom stereocenters. The number of hydrogen-bond acceptors (Lipinski definition) is 4. The van der Waals surface area contributed by atoms with Gasteiger partial charge in [0.05, 0.1) is 5.02 Å². The number of carbonyl (C=O) groups is 2. The quantitative estimate of drug-likeness (QED) is 0.858. The molecule has 0 radical (unpaired) electrons. The van der Waals surface area contributed by atoms with Crippen LogP contribution in [-0.2, 0) is 11.3 Å². The normalized spacial score (nSPS) is 12.0. The van der Waals surface area contributed by atoms with Crippen LogP contribution in [0.1, 0.15) is 22.3 Å². The predicted molar refractivity (Wildman–Crippen MR) is 92.6 cm³/mol. The van der Waals surface area contributed by atoms with Crippen molar-refractivity contribution in [3.8, 4) is 11.5 Å². The fourth-order valence-electron chi connectivity index (χ4n) is 2.57. The molecular weight excluding hydrogens is 344 g/mol. The monoisotopic (exact) mass is 360 g/mol. The van der Waals surface area contributed by atoms with Crippen LogP contribution in [0.25, 0.3) is 0 Å². The van der Waals surface area contributed by atoms with Crippen LogP contribution in [0.5, 0.6) is 11.5 Å². The van der Waals surface area contributed by atoms with Gasteiger partial charge in [0.1, 0.15) is 0 Å². The van der Waals surface area contributed by atoms with E-state index < -0.39 is 5.91 Å². The van der Waals surface area contributed by atoms with Gasteiger partial charge in [-0.3, -0.25) is 9.59 Å². The number of nitrogens with two attached hydrogens (primary N) is 1. The molecule has 0 spiro atoms. The molecule has 6 nitrogen and oxygen atoms in total. The molecule has 25 heavy (non-hydrogen) atoms. The van der Waals surface area contributed by atoms with Crippen LogP contribution < -0.4 is 15.2 Å². The Bertz CT molecular complexity index is 795. The number of ether oxygens (including phenoxy) is 2. The summed E-state index contributed by atoms with van der Waals surface area (Å²) in [4.78, 5) is 25.6. The number of primary amides is 1. The number of halogens is 1. The van der Waals surface area contributed by atoms with E-state index >= 15 is 0 Å². The van der Waals surface area contributed by atoms with Gasteiger partial charge in [-0.25, -0.2) is 0 Å². The van der Waals surface area contributed by atoms with Crippen LogP contribution in [0.2, 0.25) is 5.02 Å². The fourth-order valence-corrected chi connectivity index (χ4v) is 2.84. The average Bonchev–Trinajstić information content (AvgIpc) is 3.08. The lowest BCUT2D eigenvalue weighted by atomic mass is 10.1. The minimum atomic E-state index is -0.463. The van der Waals surface area contributed by atoms with Gasteiger partial charge in [0.2, 0.25) is 12.7 Å². The van der Waals surface area contributed by atoms with Crippen LogP contribution in [0, 0.1) is 0 Å². The SMILES string of the molecule is NC(=O)CCN(Cc1ccccc1)C(=O)c1cc(Cl)c2c(c1)OCO2. The molecule has 0 bridgehead atoms. The topological polar surface area (TPSA) is 81.9 Å². The maximum Gasteiger partial charge on any atom is 0.254 e. The van der Waals surface area contributed by atoms with Crippen molar-refractivity contribution in [2.24, 2.45) is 5.73 Å².